The first-order valence-electron chi connectivity index (χ1n) is 11.9. The number of hydrogen-bond donors (Lipinski definition) is 3. The maximum absolute atomic E-state index is 14.3. The van der Waals surface area contributed by atoms with Gasteiger partial charge in [-0.1, -0.05) is 6.07 Å². The van der Waals surface area contributed by atoms with Crippen LogP contribution in [0.25, 0.3) is 0 Å². The summed E-state index contributed by atoms with van der Waals surface area (Å²) in [6.45, 7) is 0.0798. The van der Waals surface area contributed by atoms with Gasteiger partial charge in [0, 0.05) is 30.3 Å². The Morgan fingerprint density at radius 1 is 1.08 bits per heavy atom. The number of nitrogens with one attached hydrogen (secondary N) is 2. The molecule has 0 bridgehead atoms. The highest BCUT2D eigenvalue weighted by molar-refractivity contribution is 6.15. The molecule has 2 fully saturated rings. The van der Waals surface area contributed by atoms with E-state index >= 15 is 0 Å². The molecule has 2 saturated heterocycles. The monoisotopic (exact) mass is 510 g/mol. The van der Waals surface area contributed by atoms with Crippen LogP contribution in [0.15, 0.2) is 36.4 Å². The van der Waals surface area contributed by atoms with Crippen molar-refractivity contribution < 1.29 is 33.0 Å². The fourth-order valence-electron chi connectivity index (χ4n) is 5.88. The van der Waals surface area contributed by atoms with E-state index in [0.717, 1.165) is 10.5 Å². The third-order valence-electron chi connectivity index (χ3n) is 7.54. The van der Waals surface area contributed by atoms with Gasteiger partial charge in [0.05, 0.1) is 26.1 Å². The number of benzene rings is 2. The molecule has 194 valence electrons. The van der Waals surface area contributed by atoms with Gasteiger partial charge in [-0.15, -0.1) is 0 Å². The minimum absolute atomic E-state index is 0.0400. The van der Waals surface area contributed by atoms with E-state index in [1.807, 2.05) is 6.07 Å². The molecule has 5 rings (SSSR count). The number of amides is 4. The molecule has 0 saturated carbocycles. The average Bonchev–Trinajstić information content (AvgIpc) is 3.45. The van der Waals surface area contributed by atoms with Crippen LogP contribution in [0.1, 0.15) is 24.0 Å². The quantitative estimate of drug-likeness (QED) is 0.452. The molecule has 4 amide bonds. The lowest BCUT2D eigenvalue weighted by atomic mass is 9.76. The molecule has 3 heterocycles. The number of carbonyl (C=O) groups excluding carboxylic acids is 4. The fraction of sp³-hybridized carbons (Fsp3) is 0.385. The van der Waals surface area contributed by atoms with Crippen LogP contribution in [0.4, 0.5) is 10.1 Å². The van der Waals surface area contributed by atoms with Gasteiger partial charge in [0.15, 0.2) is 11.5 Å². The van der Waals surface area contributed by atoms with Crippen LogP contribution in [0.5, 0.6) is 11.5 Å². The fourth-order valence-corrected chi connectivity index (χ4v) is 5.88. The molecule has 4 atom stereocenters. The zero-order chi connectivity index (χ0) is 26.5. The number of imide groups is 1. The molecule has 2 aromatic rings. The van der Waals surface area contributed by atoms with Crippen molar-refractivity contribution in [3.8, 4) is 11.5 Å². The van der Waals surface area contributed by atoms with Crippen molar-refractivity contribution >= 4 is 29.3 Å². The number of nitrogens with zero attached hydrogens (tertiary/aromatic N) is 1. The molecule has 0 radical (unpaired) electrons. The van der Waals surface area contributed by atoms with Gasteiger partial charge in [-0.2, -0.15) is 0 Å². The molecule has 0 aliphatic carbocycles. The minimum atomic E-state index is -1.63. The first-order chi connectivity index (χ1) is 17.7. The van der Waals surface area contributed by atoms with Crippen LogP contribution in [0.3, 0.4) is 0 Å². The minimum Gasteiger partial charge on any atom is -0.493 e. The molecule has 10 nitrogen and oxygen atoms in total. The number of primary amides is 1. The Bertz CT molecular complexity index is 1320. The van der Waals surface area contributed by atoms with Crippen LogP contribution in [0, 0.1) is 17.7 Å². The zero-order valence-electron chi connectivity index (χ0n) is 20.4. The van der Waals surface area contributed by atoms with Crippen LogP contribution >= 0.6 is 0 Å². The second-order valence-electron chi connectivity index (χ2n) is 9.48. The van der Waals surface area contributed by atoms with Gasteiger partial charge < -0.3 is 20.5 Å². The molecule has 4 N–H and O–H groups in total. The summed E-state index contributed by atoms with van der Waals surface area (Å²) in [4.78, 5) is 53.5. The summed E-state index contributed by atoms with van der Waals surface area (Å²) in [5.74, 6) is -3.55. The number of fused-ring (bicyclic) bond motifs is 4. The number of halogens is 1. The number of hydrogen-bond acceptors (Lipinski definition) is 7. The second-order valence-corrected chi connectivity index (χ2v) is 9.48. The number of carbonyl (C=O) groups is 4. The van der Waals surface area contributed by atoms with Crippen molar-refractivity contribution in [2.45, 2.75) is 30.8 Å². The number of nitrogens with two attached hydrogens (primary N) is 1. The molecular weight excluding hydrogens is 483 g/mol. The van der Waals surface area contributed by atoms with E-state index in [4.69, 9.17) is 15.2 Å². The highest BCUT2D eigenvalue weighted by Crippen LogP contribution is 2.53. The standard InChI is InChI=1S/C26H27FN4O6/c1-36-18-7-3-13(11-19(18)37-2)9-10-31-23(33)21-17(6-8-20(28)32)30-26(22(21)24(31)34)15-12-14(27)4-5-16(15)29-25(26)35/h3-5,7,11-12,17,21-22,30H,6,8-10H2,1-2H3,(H2,28,32)(H,29,35)/t17?,21-,22+,26?/m1/s1. The van der Waals surface area contributed by atoms with Crippen molar-refractivity contribution in [3.05, 3.63) is 53.3 Å². The number of methoxy groups -OCH3 is 2. The summed E-state index contributed by atoms with van der Waals surface area (Å²) in [5.41, 5.74) is 5.18. The topological polar surface area (TPSA) is 140 Å². The van der Waals surface area contributed by atoms with Crippen LogP contribution in [-0.2, 0) is 31.1 Å². The van der Waals surface area contributed by atoms with Crippen molar-refractivity contribution in [2.75, 3.05) is 26.1 Å². The Morgan fingerprint density at radius 3 is 2.54 bits per heavy atom. The Balaban J connectivity index is 1.48. The Kier molecular flexibility index (Phi) is 6.10. The Labute approximate surface area is 212 Å². The number of rotatable bonds is 8. The van der Waals surface area contributed by atoms with E-state index in [1.54, 1.807) is 12.1 Å². The second kappa shape index (κ2) is 9.15. The Hall–Kier alpha value is -3.99. The normalized spacial score (nSPS) is 25.9. The molecular formula is C26H27FN4O6. The highest BCUT2D eigenvalue weighted by Gasteiger charge is 2.70. The number of ether oxygens (including phenoxy) is 2. The maximum Gasteiger partial charge on any atom is 0.250 e. The van der Waals surface area contributed by atoms with Crippen molar-refractivity contribution in [1.29, 1.82) is 0 Å². The predicted molar refractivity (Wildman–Crippen MR) is 129 cm³/mol. The van der Waals surface area contributed by atoms with Crippen molar-refractivity contribution in [3.63, 3.8) is 0 Å². The van der Waals surface area contributed by atoms with Gasteiger partial charge in [-0.25, -0.2) is 4.39 Å². The third-order valence-corrected chi connectivity index (χ3v) is 7.54. The molecule has 0 aromatic heterocycles. The summed E-state index contributed by atoms with van der Waals surface area (Å²) in [5, 5.41) is 5.87. The summed E-state index contributed by atoms with van der Waals surface area (Å²) in [6, 6.07) is 8.50. The lowest BCUT2D eigenvalue weighted by molar-refractivity contribution is -0.142. The summed E-state index contributed by atoms with van der Waals surface area (Å²) in [6.07, 6.45) is 0.460. The Morgan fingerprint density at radius 2 is 1.84 bits per heavy atom. The predicted octanol–water partition coefficient (Wildman–Crippen LogP) is 1.07. The molecule has 3 aliphatic heterocycles. The van der Waals surface area contributed by atoms with E-state index in [0.29, 0.717) is 23.6 Å². The lowest BCUT2D eigenvalue weighted by Gasteiger charge is -2.29. The summed E-state index contributed by atoms with van der Waals surface area (Å²) >= 11 is 0. The largest absolute Gasteiger partial charge is 0.493 e. The first-order valence-corrected chi connectivity index (χ1v) is 11.9. The van der Waals surface area contributed by atoms with Gasteiger partial charge in [0.1, 0.15) is 11.4 Å². The highest BCUT2D eigenvalue weighted by atomic mass is 19.1. The lowest BCUT2D eigenvalue weighted by Crippen LogP contribution is -2.53. The van der Waals surface area contributed by atoms with Crippen LogP contribution in [-0.4, -0.2) is 55.3 Å². The van der Waals surface area contributed by atoms with Crippen molar-refractivity contribution in [1.82, 2.24) is 10.2 Å². The van der Waals surface area contributed by atoms with Gasteiger partial charge in [-0.05, 0) is 48.7 Å². The summed E-state index contributed by atoms with van der Waals surface area (Å²) in [7, 11) is 3.04. The average molecular weight is 511 g/mol. The molecule has 3 aliphatic rings. The summed E-state index contributed by atoms with van der Waals surface area (Å²) < 4.78 is 24.9. The van der Waals surface area contributed by atoms with Gasteiger partial charge >= 0.3 is 0 Å². The van der Waals surface area contributed by atoms with Gasteiger partial charge in [0.2, 0.25) is 23.6 Å². The third kappa shape index (κ3) is 3.81. The van der Waals surface area contributed by atoms with Crippen molar-refractivity contribution in [2.24, 2.45) is 17.6 Å². The zero-order valence-corrected chi connectivity index (χ0v) is 20.4. The SMILES string of the molecule is COc1ccc(CCN2C(=O)[C@@H]3C(CCC(N)=O)NC4(C(=O)Nc5ccc(F)cc54)[C@@H]3C2=O)cc1OC. The van der Waals surface area contributed by atoms with Gasteiger partial charge in [0.25, 0.3) is 0 Å². The van der Waals surface area contributed by atoms with E-state index in [2.05, 4.69) is 10.6 Å². The van der Waals surface area contributed by atoms with Gasteiger partial charge in [-0.3, -0.25) is 29.4 Å². The molecule has 1 spiro atoms. The van der Waals surface area contributed by atoms with Crippen LogP contribution in [0.2, 0.25) is 0 Å². The maximum atomic E-state index is 14.3. The molecule has 2 aromatic carbocycles. The number of anilines is 1. The molecule has 37 heavy (non-hydrogen) atoms. The number of likely N-dealkylation sites (tertiary alicyclic amines) is 1. The smallest absolute Gasteiger partial charge is 0.250 e. The van der Waals surface area contributed by atoms with E-state index in [9.17, 15) is 23.6 Å². The molecule has 11 heteroatoms. The molecule has 2 unspecified atom stereocenters. The van der Waals surface area contributed by atoms with E-state index in [-0.39, 0.29) is 24.9 Å². The van der Waals surface area contributed by atoms with E-state index in [1.165, 1.54) is 32.4 Å². The van der Waals surface area contributed by atoms with E-state index < -0.39 is 52.9 Å². The first kappa shape index (κ1) is 24.7. The van der Waals surface area contributed by atoms with Crippen LogP contribution < -0.4 is 25.8 Å².